The molecule has 1 aromatic rings. The lowest BCUT2D eigenvalue weighted by Gasteiger charge is -2.38. The molecular weight excluding hydrogens is 270 g/mol. The first-order valence-electron chi connectivity index (χ1n) is 7.43. The van der Waals surface area contributed by atoms with Gasteiger partial charge in [-0.3, -0.25) is 0 Å². The number of benzene rings is 1. The van der Waals surface area contributed by atoms with Gasteiger partial charge < -0.3 is 15.5 Å². The highest BCUT2D eigenvalue weighted by atomic mass is 35.5. The van der Waals surface area contributed by atoms with E-state index in [1.54, 1.807) is 0 Å². The molecule has 1 fully saturated rings. The van der Waals surface area contributed by atoms with Gasteiger partial charge in [0, 0.05) is 25.2 Å². The maximum absolute atomic E-state index is 6.45. The van der Waals surface area contributed by atoms with Crippen LogP contribution in [0.2, 0.25) is 5.02 Å². The van der Waals surface area contributed by atoms with E-state index in [0.717, 1.165) is 24.5 Å². The number of halogens is 1. The fourth-order valence-corrected chi connectivity index (χ4v) is 3.35. The summed E-state index contributed by atoms with van der Waals surface area (Å²) < 4.78 is 0. The molecule has 0 radical (unpaired) electrons. The van der Waals surface area contributed by atoms with E-state index in [1.807, 2.05) is 19.1 Å². The minimum absolute atomic E-state index is 0.159. The predicted octanol–water partition coefficient (Wildman–Crippen LogP) is 2.76. The zero-order valence-electron chi connectivity index (χ0n) is 12.8. The third-order valence-corrected chi connectivity index (χ3v) is 4.43. The Morgan fingerprint density at radius 1 is 1.35 bits per heavy atom. The second-order valence-electron chi connectivity index (χ2n) is 6.11. The van der Waals surface area contributed by atoms with Crippen LogP contribution >= 0.6 is 11.6 Å². The molecular formula is C16H26ClN3. The van der Waals surface area contributed by atoms with Crippen molar-refractivity contribution in [3.8, 4) is 0 Å². The highest BCUT2D eigenvalue weighted by Gasteiger charge is 2.23. The molecule has 0 aromatic heterocycles. The van der Waals surface area contributed by atoms with Crippen LogP contribution in [-0.2, 0) is 6.42 Å². The lowest BCUT2D eigenvalue weighted by Crippen LogP contribution is -2.42. The molecule has 1 saturated heterocycles. The summed E-state index contributed by atoms with van der Waals surface area (Å²) in [5.41, 5.74) is 8.44. The fourth-order valence-electron chi connectivity index (χ4n) is 3.03. The number of hydrogen-bond donors (Lipinski definition) is 1. The molecule has 0 saturated carbocycles. The molecule has 1 aliphatic heterocycles. The molecule has 3 nitrogen and oxygen atoms in total. The van der Waals surface area contributed by atoms with Gasteiger partial charge >= 0.3 is 0 Å². The van der Waals surface area contributed by atoms with Crippen LogP contribution in [0.15, 0.2) is 18.2 Å². The van der Waals surface area contributed by atoms with Gasteiger partial charge in [-0.05, 0) is 51.9 Å². The standard InChI is InChI=1S/C16H26ClN3/c1-12(18)11-13-5-4-6-15(17)16(13)20-9-7-14(8-10-20)19(2)3/h4-6,12,14H,7-11,18H2,1-3H3. The number of rotatable bonds is 4. The van der Waals surface area contributed by atoms with Crippen LogP contribution in [0.25, 0.3) is 0 Å². The summed E-state index contributed by atoms with van der Waals surface area (Å²) in [5.74, 6) is 0. The highest BCUT2D eigenvalue weighted by molar-refractivity contribution is 6.33. The van der Waals surface area contributed by atoms with Crippen molar-refractivity contribution in [2.45, 2.75) is 38.3 Å². The SMILES string of the molecule is CC(N)Cc1cccc(Cl)c1N1CCC(N(C)C)CC1. The first kappa shape index (κ1) is 15.6. The normalized spacial score (nSPS) is 18.6. The number of nitrogens with two attached hydrogens (primary N) is 1. The molecule has 1 unspecified atom stereocenters. The second-order valence-corrected chi connectivity index (χ2v) is 6.52. The van der Waals surface area contributed by atoms with Gasteiger partial charge in [0.2, 0.25) is 0 Å². The average Bonchev–Trinajstić information content (AvgIpc) is 2.38. The maximum Gasteiger partial charge on any atom is 0.0642 e. The second kappa shape index (κ2) is 6.79. The fraction of sp³-hybridized carbons (Fsp3) is 0.625. The topological polar surface area (TPSA) is 32.5 Å². The van der Waals surface area contributed by atoms with Crippen LogP contribution in [0.3, 0.4) is 0 Å². The minimum Gasteiger partial charge on any atom is -0.370 e. The van der Waals surface area contributed by atoms with Gasteiger partial charge in [-0.15, -0.1) is 0 Å². The van der Waals surface area contributed by atoms with E-state index in [1.165, 1.54) is 24.1 Å². The van der Waals surface area contributed by atoms with E-state index >= 15 is 0 Å². The number of para-hydroxylation sites is 1. The molecule has 0 spiro atoms. The Morgan fingerprint density at radius 2 is 2.00 bits per heavy atom. The maximum atomic E-state index is 6.45. The molecule has 20 heavy (non-hydrogen) atoms. The molecule has 4 heteroatoms. The van der Waals surface area contributed by atoms with Crippen LogP contribution in [-0.4, -0.2) is 44.2 Å². The number of piperidine rings is 1. The van der Waals surface area contributed by atoms with Crippen molar-refractivity contribution in [3.05, 3.63) is 28.8 Å². The van der Waals surface area contributed by atoms with E-state index in [2.05, 4.69) is 30.0 Å². The van der Waals surface area contributed by atoms with Gasteiger partial charge in [-0.2, -0.15) is 0 Å². The summed E-state index contributed by atoms with van der Waals surface area (Å²) in [6.07, 6.45) is 3.26. The molecule has 1 aromatic carbocycles. The molecule has 2 N–H and O–H groups in total. The number of anilines is 1. The smallest absolute Gasteiger partial charge is 0.0642 e. The quantitative estimate of drug-likeness (QED) is 0.927. The Labute approximate surface area is 127 Å². The molecule has 112 valence electrons. The Hall–Kier alpha value is -0.770. The molecule has 0 aliphatic carbocycles. The van der Waals surface area contributed by atoms with Crippen LogP contribution in [0.4, 0.5) is 5.69 Å². The summed E-state index contributed by atoms with van der Waals surface area (Å²) in [4.78, 5) is 4.76. The zero-order chi connectivity index (χ0) is 14.7. The summed E-state index contributed by atoms with van der Waals surface area (Å²) in [7, 11) is 4.33. The van der Waals surface area contributed by atoms with Gasteiger partial charge in [0.15, 0.2) is 0 Å². The van der Waals surface area contributed by atoms with Crippen LogP contribution in [0.1, 0.15) is 25.3 Å². The van der Waals surface area contributed by atoms with Crippen molar-refractivity contribution in [1.29, 1.82) is 0 Å². The first-order valence-corrected chi connectivity index (χ1v) is 7.81. The molecule has 2 rings (SSSR count). The van der Waals surface area contributed by atoms with Crippen LogP contribution in [0, 0.1) is 0 Å². The van der Waals surface area contributed by atoms with E-state index in [-0.39, 0.29) is 6.04 Å². The van der Waals surface area contributed by atoms with Crippen molar-refractivity contribution in [2.75, 3.05) is 32.1 Å². The van der Waals surface area contributed by atoms with Crippen molar-refractivity contribution in [3.63, 3.8) is 0 Å². The summed E-state index contributed by atoms with van der Waals surface area (Å²) in [6.45, 7) is 4.18. The molecule has 0 bridgehead atoms. The van der Waals surface area contributed by atoms with Gasteiger partial charge in [-0.25, -0.2) is 0 Å². The summed E-state index contributed by atoms with van der Waals surface area (Å²) in [6, 6.07) is 7.01. The number of hydrogen-bond acceptors (Lipinski definition) is 3. The van der Waals surface area contributed by atoms with Gasteiger partial charge in [-0.1, -0.05) is 23.7 Å². The highest BCUT2D eigenvalue weighted by Crippen LogP contribution is 2.33. The van der Waals surface area contributed by atoms with Crippen LogP contribution in [0.5, 0.6) is 0 Å². The molecule has 1 heterocycles. The third kappa shape index (κ3) is 3.66. The van der Waals surface area contributed by atoms with Gasteiger partial charge in [0.05, 0.1) is 10.7 Å². The van der Waals surface area contributed by atoms with E-state index < -0.39 is 0 Å². The van der Waals surface area contributed by atoms with E-state index in [4.69, 9.17) is 17.3 Å². The molecule has 1 aliphatic rings. The predicted molar refractivity (Wildman–Crippen MR) is 87.7 cm³/mol. The minimum atomic E-state index is 0.159. The largest absolute Gasteiger partial charge is 0.370 e. The summed E-state index contributed by atoms with van der Waals surface area (Å²) in [5, 5.41) is 0.853. The van der Waals surface area contributed by atoms with Gasteiger partial charge in [0.1, 0.15) is 0 Å². The lowest BCUT2D eigenvalue weighted by molar-refractivity contribution is 0.249. The van der Waals surface area contributed by atoms with Crippen molar-refractivity contribution < 1.29 is 0 Å². The lowest BCUT2D eigenvalue weighted by atomic mass is 10.00. The number of nitrogens with zero attached hydrogens (tertiary/aromatic N) is 2. The average molecular weight is 296 g/mol. The van der Waals surface area contributed by atoms with Crippen LogP contribution < -0.4 is 10.6 Å². The first-order chi connectivity index (χ1) is 9.49. The van der Waals surface area contributed by atoms with Crippen molar-refractivity contribution >= 4 is 17.3 Å². The van der Waals surface area contributed by atoms with E-state index in [0.29, 0.717) is 6.04 Å². The van der Waals surface area contributed by atoms with Gasteiger partial charge in [0.25, 0.3) is 0 Å². The Kier molecular flexibility index (Phi) is 5.30. The molecule has 0 amide bonds. The Balaban J connectivity index is 2.16. The van der Waals surface area contributed by atoms with Crippen molar-refractivity contribution in [2.24, 2.45) is 5.73 Å². The molecule has 1 atom stereocenters. The third-order valence-electron chi connectivity index (χ3n) is 4.12. The van der Waals surface area contributed by atoms with E-state index in [9.17, 15) is 0 Å². The summed E-state index contributed by atoms with van der Waals surface area (Å²) >= 11 is 6.45. The Morgan fingerprint density at radius 3 is 2.55 bits per heavy atom. The Bertz CT molecular complexity index is 437. The van der Waals surface area contributed by atoms with Crippen molar-refractivity contribution in [1.82, 2.24) is 4.90 Å². The zero-order valence-corrected chi connectivity index (χ0v) is 13.5. The monoisotopic (exact) mass is 295 g/mol.